The van der Waals surface area contributed by atoms with Crippen molar-refractivity contribution in [3.8, 4) is 5.75 Å². The number of rotatable bonds is 9. The van der Waals surface area contributed by atoms with Crippen molar-refractivity contribution in [1.82, 2.24) is 9.88 Å². The first-order chi connectivity index (χ1) is 14.2. The van der Waals surface area contributed by atoms with Crippen LogP contribution in [0, 0.1) is 0 Å². The third kappa shape index (κ3) is 5.82. The Kier molecular flexibility index (Phi) is 7.22. The van der Waals surface area contributed by atoms with Crippen LogP contribution in [0.5, 0.6) is 5.75 Å². The third-order valence-electron chi connectivity index (χ3n) is 4.77. The summed E-state index contributed by atoms with van der Waals surface area (Å²) in [6, 6.07) is 21.6. The Morgan fingerprint density at radius 2 is 1.79 bits per heavy atom. The maximum atomic E-state index is 12.9. The summed E-state index contributed by atoms with van der Waals surface area (Å²) in [6.45, 7) is 3.98. The van der Waals surface area contributed by atoms with E-state index < -0.39 is 0 Å². The Hall–Kier alpha value is -3.34. The summed E-state index contributed by atoms with van der Waals surface area (Å²) in [5.74, 6) is 1.57. The summed E-state index contributed by atoms with van der Waals surface area (Å²) in [5.41, 5.74) is 2.98. The molecule has 2 aromatic carbocycles. The predicted octanol–water partition coefficient (Wildman–Crippen LogP) is 4.41. The van der Waals surface area contributed by atoms with Gasteiger partial charge in [0.25, 0.3) is 5.91 Å². The molecule has 1 amide bonds. The van der Waals surface area contributed by atoms with Gasteiger partial charge in [-0.3, -0.25) is 4.79 Å². The van der Waals surface area contributed by atoms with Gasteiger partial charge in [-0.15, -0.1) is 0 Å². The summed E-state index contributed by atoms with van der Waals surface area (Å²) < 4.78 is 5.18. The van der Waals surface area contributed by atoms with Crippen LogP contribution in [-0.4, -0.2) is 36.0 Å². The molecular formula is C24H27N3O2. The van der Waals surface area contributed by atoms with Crippen molar-refractivity contribution in [2.45, 2.75) is 19.9 Å². The topological polar surface area (TPSA) is 54.5 Å². The molecule has 0 atom stereocenters. The second kappa shape index (κ2) is 10.3. The SMILES string of the molecule is CCN(Cc1ccccc1)C(=O)c1ccnc(NCCc2ccc(OC)cc2)c1. The van der Waals surface area contributed by atoms with Gasteiger partial charge in [0, 0.05) is 31.4 Å². The number of benzene rings is 2. The minimum atomic E-state index is 0.0111. The van der Waals surface area contributed by atoms with Gasteiger partial charge in [-0.05, 0) is 48.7 Å². The molecular weight excluding hydrogens is 362 g/mol. The van der Waals surface area contributed by atoms with E-state index >= 15 is 0 Å². The number of pyridine rings is 1. The van der Waals surface area contributed by atoms with Crippen LogP contribution in [0.1, 0.15) is 28.4 Å². The van der Waals surface area contributed by atoms with Crippen LogP contribution in [-0.2, 0) is 13.0 Å². The number of ether oxygens (including phenoxy) is 1. The van der Waals surface area contributed by atoms with Gasteiger partial charge in [-0.25, -0.2) is 4.98 Å². The van der Waals surface area contributed by atoms with E-state index in [9.17, 15) is 4.79 Å². The highest BCUT2D eigenvalue weighted by atomic mass is 16.5. The number of nitrogens with zero attached hydrogens (tertiary/aromatic N) is 2. The number of carbonyl (C=O) groups is 1. The van der Waals surface area contributed by atoms with Crippen LogP contribution in [0.15, 0.2) is 72.9 Å². The van der Waals surface area contributed by atoms with Gasteiger partial charge in [-0.2, -0.15) is 0 Å². The molecule has 0 spiro atoms. The minimum absolute atomic E-state index is 0.0111. The van der Waals surface area contributed by atoms with Crippen LogP contribution in [0.25, 0.3) is 0 Å². The quantitative estimate of drug-likeness (QED) is 0.589. The third-order valence-corrected chi connectivity index (χ3v) is 4.77. The van der Waals surface area contributed by atoms with E-state index in [4.69, 9.17) is 4.74 Å². The monoisotopic (exact) mass is 389 g/mol. The highest BCUT2D eigenvalue weighted by Gasteiger charge is 2.15. The molecule has 5 nitrogen and oxygen atoms in total. The number of methoxy groups -OCH3 is 1. The molecule has 1 heterocycles. The van der Waals surface area contributed by atoms with E-state index in [0.717, 1.165) is 24.3 Å². The smallest absolute Gasteiger partial charge is 0.254 e. The number of hydrogen-bond donors (Lipinski definition) is 1. The van der Waals surface area contributed by atoms with Crippen LogP contribution in [0.3, 0.4) is 0 Å². The molecule has 1 N–H and O–H groups in total. The molecule has 0 saturated carbocycles. The summed E-state index contributed by atoms with van der Waals surface area (Å²) in [5, 5.41) is 3.31. The summed E-state index contributed by atoms with van der Waals surface area (Å²) in [7, 11) is 1.66. The molecule has 3 rings (SSSR count). The second-order valence-corrected chi connectivity index (χ2v) is 6.76. The zero-order chi connectivity index (χ0) is 20.5. The van der Waals surface area contributed by atoms with E-state index in [1.54, 1.807) is 19.4 Å². The number of carbonyl (C=O) groups excluding carboxylic acids is 1. The highest BCUT2D eigenvalue weighted by Crippen LogP contribution is 2.14. The van der Waals surface area contributed by atoms with Crippen molar-refractivity contribution in [1.29, 1.82) is 0 Å². The van der Waals surface area contributed by atoms with E-state index in [1.165, 1.54) is 5.56 Å². The maximum Gasteiger partial charge on any atom is 0.254 e. The van der Waals surface area contributed by atoms with Gasteiger partial charge in [0.1, 0.15) is 11.6 Å². The molecule has 0 bridgehead atoms. The number of aromatic nitrogens is 1. The Labute approximate surface area is 172 Å². The second-order valence-electron chi connectivity index (χ2n) is 6.76. The lowest BCUT2D eigenvalue weighted by atomic mass is 10.1. The Balaban J connectivity index is 1.59. The van der Waals surface area contributed by atoms with Crippen molar-refractivity contribution in [2.24, 2.45) is 0 Å². The molecule has 1 aromatic heterocycles. The average molecular weight is 389 g/mol. The first-order valence-corrected chi connectivity index (χ1v) is 9.85. The molecule has 150 valence electrons. The van der Waals surface area contributed by atoms with Crippen LogP contribution in [0.4, 0.5) is 5.82 Å². The lowest BCUT2D eigenvalue weighted by molar-refractivity contribution is 0.0752. The van der Waals surface area contributed by atoms with E-state index in [1.807, 2.05) is 60.4 Å². The molecule has 0 saturated heterocycles. The summed E-state index contributed by atoms with van der Waals surface area (Å²) in [6.07, 6.45) is 2.54. The number of hydrogen-bond acceptors (Lipinski definition) is 4. The molecule has 0 fully saturated rings. The van der Waals surface area contributed by atoms with Gasteiger partial charge >= 0.3 is 0 Å². The van der Waals surface area contributed by atoms with Gasteiger partial charge in [-0.1, -0.05) is 42.5 Å². The van der Waals surface area contributed by atoms with Crippen molar-refractivity contribution in [3.05, 3.63) is 89.6 Å². The zero-order valence-electron chi connectivity index (χ0n) is 17.0. The maximum absolute atomic E-state index is 12.9. The normalized spacial score (nSPS) is 10.4. The molecule has 29 heavy (non-hydrogen) atoms. The lowest BCUT2D eigenvalue weighted by Gasteiger charge is -2.21. The molecule has 0 aliphatic heterocycles. The van der Waals surface area contributed by atoms with Gasteiger partial charge < -0.3 is 15.0 Å². The van der Waals surface area contributed by atoms with E-state index in [0.29, 0.717) is 24.5 Å². The molecule has 0 aliphatic rings. The molecule has 5 heteroatoms. The number of amides is 1. The molecule has 3 aromatic rings. The van der Waals surface area contributed by atoms with Crippen molar-refractivity contribution in [3.63, 3.8) is 0 Å². The minimum Gasteiger partial charge on any atom is -0.497 e. The van der Waals surface area contributed by atoms with Gasteiger partial charge in [0.2, 0.25) is 0 Å². The van der Waals surface area contributed by atoms with Crippen molar-refractivity contribution < 1.29 is 9.53 Å². The summed E-state index contributed by atoms with van der Waals surface area (Å²) in [4.78, 5) is 19.1. The van der Waals surface area contributed by atoms with Crippen molar-refractivity contribution >= 4 is 11.7 Å². The highest BCUT2D eigenvalue weighted by molar-refractivity contribution is 5.94. The van der Waals surface area contributed by atoms with Crippen LogP contribution < -0.4 is 10.1 Å². The van der Waals surface area contributed by atoms with Crippen LogP contribution >= 0.6 is 0 Å². The first-order valence-electron chi connectivity index (χ1n) is 9.85. The first kappa shape index (κ1) is 20.4. The fraction of sp³-hybridized carbons (Fsp3) is 0.250. The fourth-order valence-electron chi connectivity index (χ4n) is 3.10. The van der Waals surface area contributed by atoms with E-state index in [-0.39, 0.29) is 5.91 Å². The number of anilines is 1. The zero-order valence-corrected chi connectivity index (χ0v) is 17.0. The van der Waals surface area contributed by atoms with Gasteiger partial charge in [0.05, 0.1) is 7.11 Å². The standard InChI is InChI=1S/C24H27N3O2/c1-3-27(18-20-7-5-4-6-8-20)24(28)21-14-16-26-23(17-21)25-15-13-19-9-11-22(29-2)12-10-19/h4-12,14,16-17H,3,13,15,18H2,1-2H3,(H,25,26). The Morgan fingerprint density at radius 3 is 2.48 bits per heavy atom. The number of nitrogens with one attached hydrogen (secondary N) is 1. The van der Waals surface area contributed by atoms with E-state index in [2.05, 4.69) is 22.4 Å². The van der Waals surface area contributed by atoms with Crippen LogP contribution in [0.2, 0.25) is 0 Å². The summed E-state index contributed by atoms with van der Waals surface area (Å²) >= 11 is 0. The molecule has 0 unspecified atom stereocenters. The Morgan fingerprint density at radius 1 is 1.03 bits per heavy atom. The predicted molar refractivity (Wildman–Crippen MR) is 116 cm³/mol. The fourth-order valence-corrected chi connectivity index (χ4v) is 3.10. The van der Waals surface area contributed by atoms with Gasteiger partial charge in [0.15, 0.2) is 0 Å². The molecule has 0 radical (unpaired) electrons. The molecule has 0 aliphatic carbocycles. The Bertz CT molecular complexity index is 911. The lowest BCUT2D eigenvalue weighted by Crippen LogP contribution is -2.30. The van der Waals surface area contributed by atoms with Crippen molar-refractivity contribution in [2.75, 3.05) is 25.5 Å². The average Bonchev–Trinajstić information content (AvgIpc) is 2.78. The largest absolute Gasteiger partial charge is 0.497 e.